The molecule has 0 aliphatic rings. The molecule has 0 bridgehead atoms. The fourth-order valence-corrected chi connectivity index (χ4v) is 2.02. The van der Waals surface area contributed by atoms with Crippen LogP contribution in [0.25, 0.3) is 0 Å². The summed E-state index contributed by atoms with van der Waals surface area (Å²) < 4.78 is 10.4. The Morgan fingerprint density at radius 3 is 2.43 bits per heavy atom. The summed E-state index contributed by atoms with van der Waals surface area (Å²) in [6.07, 6.45) is -0.923. The van der Waals surface area contributed by atoms with E-state index in [2.05, 4.69) is 5.32 Å². The normalized spacial score (nSPS) is 11.4. The predicted octanol–water partition coefficient (Wildman–Crippen LogP) is 3.19. The molecule has 1 amide bonds. The molecule has 0 heterocycles. The molecule has 120 valence electrons. The van der Waals surface area contributed by atoms with Crippen LogP contribution >= 0.6 is 0 Å². The lowest BCUT2D eigenvalue weighted by atomic mass is 10.1. The maximum absolute atomic E-state index is 12.3. The summed E-state index contributed by atoms with van der Waals surface area (Å²) in [5, 5.41) is 2.69. The van der Waals surface area contributed by atoms with E-state index in [-0.39, 0.29) is 0 Å². The van der Waals surface area contributed by atoms with Crippen LogP contribution in [0.4, 0.5) is 5.69 Å². The summed E-state index contributed by atoms with van der Waals surface area (Å²) >= 11 is 0. The zero-order chi connectivity index (χ0) is 16.8. The first-order chi connectivity index (χ1) is 11.0. The van der Waals surface area contributed by atoms with Gasteiger partial charge in [-0.25, -0.2) is 4.79 Å². The number of rotatable bonds is 5. The molecule has 0 fully saturated rings. The van der Waals surface area contributed by atoms with Gasteiger partial charge in [-0.1, -0.05) is 29.8 Å². The number of hydrogen-bond donors (Lipinski definition) is 1. The van der Waals surface area contributed by atoms with E-state index in [4.69, 9.17) is 9.47 Å². The van der Waals surface area contributed by atoms with E-state index in [1.54, 1.807) is 24.3 Å². The molecule has 0 unspecified atom stereocenters. The maximum Gasteiger partial charge on any atom is 0.342 e. The highest BCUT2D eigenvalue weighted by Crippen LogP contribution is 2.21. The number of aryl methyl sites for hydroxylation is 1. The Bertz CT molecular complexity index is 697. The Labute approximate surface area is 135 Å². The van der Waals surface area contributed by atoms with Crippen molar-refractivity contribution >= 4 is 17.6 Å². The van der Waals surface area contributed by atoms with E-state index in [0.29, 0.717) is 17.0 Å². The van der Waals surface area contributed by atoms with Gasteiger partial charge in [0.25, 0.3) is 5.91 Å². The standard InChI is InChI=1S/C18H19NO4/c1-12-9-10-16(22-3)15(11-12)18(21)23-13(2)17(20)19-14-7-5-4-6-8-14/h4-11,13H,1-3H3,(H,19,20)/t13-/m1/s1. The van der Waals surface area contributed by atoms with Gasteiger partial charge in [0.2, 0.25) is 0 Å². The van der Waals surface area contributed by atoms with Crippen molar-refractivity contribution in [2.24, 2.45) is 0 Å². The molecule has 0 saturated heterocycles. The summed E-state index contributed by atoms with van der Waals surface area (Å²) in [6, 6.07) is 14.2. The van der Waals surface area contributed by atoms with Gasteiger partial charge in [0, 0.05) is 5.69 Å². The van der Waals surface area contributed by atoms with E-state index in [1.807, 2.05) is 31.2 Å². The van der Waals surface area contributed by atoms with Gasteiger partial charge in [-0.3, -0.25) is 4.79 Å². The molecule has 2 rings (SSSR count). The molecule has 0 spiro atoms. The fourth-order valence-electron chi connectivity index (χ4n) is 2.02. The van der Waals surface area contributed by atoms with Gasteiger partial charge in [-0.05, 0) is 38.1 Å². The maximum atomic E-state index is 12.3. The highest BCUT2D eigenvalue weighted by Gasteiger charge is 2.21. The van der Waals surface area contributed by atoms with Gasteiger partial charge in [0.1, 0.15) is 11.3 Å². The molecular formula is C18H19NO4. The first kappa shape index (κ1) is 16.5. The van der Waals surface area contributed by atoms with Crippen molar-refractivity contribution in [3.8, 4) is 5.75 Å². The second-order valence-corrected chi connectivity index (χ2v) is 5.11. The molecule has 1 N–H and O–H groups in total. The number of carbonyl (C=O) groups excluding carboxylic acids is 2. The highest BCUT2D eigenvalue weighted by atomic mass is 16.5. The Kier molecular flexibility index (Phi) is 5.36. The molecule has 1 atom stereocenters. The molecule has 0 aliphatic heterocycles. The van der Waals surface area contributed by atoms with Gasteiger partial charge >= 0.3 is 5.97 Å². The number of methoxy groups -OCH3 is 1. The molecular weight excluding hydrogens is 294 g/mol. The van der Waals surface area contributed by atoms with E-state index in [1.165, 1.54) is 14.0 Å². The number of anilines is 1. The monoisotopic (exact) mass is 313 g/mol. The third-order valence-electron chi connectivity index (χ3n) is 3.27. The van der Waals surface area contributed by atoms with Crippen LogP contribution in [0.15, 0.2) is 48.5 Å². The van der Waals surface area contributed by atoms with Crippen molar-refractivity contribution in [3.63, 3.8) is 0 Å². The van der Waals surface area contributed by atoms with E-state index >= 15 is 0 Å². The van der Waals surface area contributed by atoms with Gasteiger partial charge in [0.05, 0.1) is 7.11 Å². The summed E-state index contributed by atoms with van der Waals surface area (Å²) in [5.41, 5.74) is 1.85. The lowest BCUT2D eigenvalue weighted by Crippen LogP contribution is -2.30. The average molecular weight is 313 g/mol. The number of para-hydroxylation sites is 1. The van der Waals surface area contributed by atoms with E-state index in [9.17, 15) is 9.59 Å². The third kappa shape index (κ3) is 4.32. The van der Waals surface area contributed by atoms with Crippen LogP contribution in [0.5, 0.6) is 5.75 Å². The Balaban J connectivity index is 2.05. The van der Waals surface area contributed by atoms with Crippen LogP contribution in [0.2, 0.25) is 0 Å². The van der Waals surface area contributed by atoms with Crippen LogP contribution in [0.3, 0.4) is 0 Å². The fraction of sp³-hybridized carbons (Fsp3) is 0.222. The van der Waals surface area contributed by atoms with Crippen molar-refractivity contribution in [3.05, 3.63) is 59.7 Å². The number of esters is 1. The summed E-state index contributed by atoms with van der Waals surface area (Å²) in [5.74, 6) is -0.575. The van der Waals surface area contributed by atoms with Crippen molar-refractivity contribution < 1.29 is 19.1 Å². The number of hydrogen-bond acceptors (Lipinski definition) is 4. The van der Waals surface area contributed by atoms with Crippen molar-refractivity contribution in [2.75, 3.05) is 12.4 Å². The van der Waals surface area contributed by atoms with Crippen molar-refractivity contribution in [2.45, 2.75) is 20.0 Å². The highest BCUT2D eigenvalue weighted by molar-refractivity contribution is 5.98. The largest absolute Gasteiger partial charge is 0.496 e. The van der Waals surface area contributed by atoms with Crippen molar-refractivity contribution in [1.29, 1.82) is 0 Å². The molecule has 5 heteroatoms. The van der Waals surface area contributed by atoms with Crippen LogP contribution in [-0.2, 0) is 9.53 Å². The smallest absolute Gasteiger partial charge is 0.342 e. The zero-order valence-electron chi connectivity index (χ0n) is 13.3. The molecule has 0 aromatic heterocycles. The van der Waals surface area contributed by atoms with Crippen LogP contribution < -0.4 is 10.1 Å². The zero-order valence-corrected chi connectivity index (χ0v) is 13.3. The first-order valence-electron chi connectivity index (χ1n) is 7.23. The number of carbonyl (C=O) groups is 2. The minimum Gasteiger partial charge on any atom is -0.496 e. The van der Waals surface area contributed by atoms with E-state index in [0.717, 1.165) is 5.56 Å². The minimum atomic E-state index is -0.923. The number of nitrogens with one attached hydrogen (secondary N) is 1. The Hall–Kier alpha value is -2.82. The summed E-state index contributed by atoms with van der Waals surface area (Å²) in [4.78, 5) is 24.3. The van der Waals surface area contributed by atoms with Gasteiger partial charge < -0.3 is 14.8 Å². The predicted molar refractivity (Wildman–Crippen MR) is 87.7 cm³/mol. The molecule has 23 heavy (non-hydrogen) atoms. The van der Waals surface area contributed by atoms with Gasteiger partial charge in [-0.2, -0.15) is 0 Å². The second kappa shape index (κ2) is 7.45. The minimum absolute atomic E-state index is 0.298. The van der Waals surface area contributed by atoms with Gasteiger partial charge in [0.15, 0.2) is 6.10 Å². The summed E-state index contributed by atoms with van der Waals surface area (Å²) in [6.45, 7) is 3.39. The lowest BCUT2D eigenvalue weighted by Gasteiger charge is -2.15. The quantitative estimate of drug-likeness (QED) is 0.861. The van der Waals surface area contributed by atoms with Crippen LogP contribution in [0.1, 0.15) is 22.8 Å². The third-order valence-corrected chi connectivity index (χ3v) is 3.27. The number of amides is 1. The number of benzene rings is 2. The van der Waals surface area contributed by atoms with Gasteiger partial charge in [-0.15, -0.1) is 0 Å². The molecule has 0 aliphatic carbocycles. The topological polar surface area (TPSA) is 64.6 Å². The number of ether oxygens (including phenoxy) is 2. The first-order valence-corrected chi connectivity index (χ1v) is 7.23. The lowest BCUT2D eigenvalue weighted by molar-refractivity contribution is -0.123. The molecule has 2 aromatic rings. The Morgan fingerprint density at radius 1 is 1.09 bits per heavy atom. The SMILES string of the molecule is COc1ccc(C)cc1C(=O)O[C@H](C)C(=O)Nc1ccccc1. The second-order valence-electron chi connectivity index (χ2n) is 5.11. The molecule has 0 radical (unpaired) electrons. The van der Waals surface area contributed by atoms with Crippen molar-refractivity contribution in [1.82, 2.24) is 0 Å². The van der Waals surface area contributed by atoms with E-state index < -0.39 is 18.0 Å². The van der Waals surface area contributed by atoms with Crippen LogP contribution in [-0.4, -0.2) is 25.1 Å². The average Bonchev–Trinajstić information content (AvgIpc) is 2.55. The van der Waals surface area contributed by atoms with Crippen LogP contribution in [0, 0.1) is 6.92 Å². The molecule has 0 saturated carbocycles. The summed E-state index contributed by atoms with van der Waals surface area (Å²) in [7, 11) is 1.48. The molecule has 2 aromatic carbocycles. The molecule has 5 nitrogen and oxygen atoms in total. The Morgan fingerprint density at radius 2 is 1.78 bits per heavy atom.